The SMILES string of the molecule is CC[C@H](/C=C(/C)[C@@H]1C[C@@H](OC)C[C@H](O)C(C)(C)[C@@H]2CCC[C@H](C[C@@H](OC)[C@H](O)C(=O)O1)O2)CO. The zero-order chi connectivity index (χ0) is 25.5. The van der Waals surface area contributed by atoms with Crippen LogP contribution in [0.3, 0.4) is 0 Å². The Kier molecular flexibility index (Phi) is 11.4. The topological polar surface area (TPSA) is 115 Å². The number of esters is 1. The molecule has 0 aromatic rings. The van der Waals surface area contributed by atoms with Crippen LogP contribution in [-0.4, -0.2) is 84.8 Å². The normalized spacial score (nSPS) is 36.9. The van der Waals surface area contributed by atoms with Crippen LogP contribution in [0.25, 0.3) is 0 Å². The summed E-state index contributed by atoms with van der Waals surface area (Å²) < 4.78 is 23.3. The molecule has 0 unspecified atom stereocenters. The van der Waals surface area contributed by atoms with Crippen molar-refractivity contribution in [1.82, 2.24) is 0 Å². The molecule has 0 aromatic carbocycles. The minimum atomic E-state index is -1.45. The first-order chi connectivity index (χ1) is 16.1. The number of rotatable bonds is 6. The van der Waals surface area contributed by atoms with Crippen molar-refractivity contribution in [2.75, 3.05) is 20.8 Å². The number of aliphatic hydroxyl groups excluding tert-OH is 3. The molecule has 8 heteroatoms. The van der Waals surface area contributed by atoms with Gasteiger partial charge < -0.3 is 34.3 Å². The Morgan fingerprint density at radius 3 is 2.47 bits per heavy atom. The van der Waals surface area contributed by atoms with Crippen molar-refractivity contribution in [3.8, 4) is 0 Å². The second kappa shape index (κ2) is 13.3. The van der Waals surface area contributed by atoms with Crippen molar-refractivity contribution >= 4 is 5.97 Å². The highest BCUT2D eigenvalue weighted by Crippen LogP contribution is 2.39. The lowest BCUT2D eigenvalue weighted by Gasteiger charge is -2.44. The molecule has 0 aliphatic carbocycles. The Balaban J connectivity index is 2.41. The molecule has 2 saturated heterocycles. The largest absolute Gasteiger partial charge is 0.456 e. The van der Waals surface area contributed by atoms with E-state index in [1.165, 1.54) is 7.11 Å². The van der Waals surface area contributed by atoms with Gasteiger partial charge >= 0.3 is 5.97 Å². The van der Waals surface area contributed by atoms with E-state index in [2.05, 4.69) is 0 Å². The lowest BCUT2D eigenvalue weighted by molar-refractivity contribution is -0.178. The maximum absolute atomic E-state index is 13.0. The van der Waals surface area contributed by atoms with Gasteiger partial charge in [-0.15, -0.1) is 0 Å². The third-order valence-corrected chi connectivity index (χ3v) is 7.75. The summed E-state index contributed by atoms with van der Waals surface area (Å²) >= 11 is 0. The first-order valence-corrected chi connectivity index (χ1v) is 12.6. The number of methoxy groups -OCH3 is 2. The Morgan fingerprint density at radius 1 is 1.18 bits per heavy atom. The first kappa shape index (κ1) is 29.2. The van der Waals surface area contributed by atoms with E-state index in [1.54, 1.807) is 7.11 Å². The van der Waals surface area contributed by atoms with Crippen LogP contribution in [0.5, 0.6) is 0 Å². The van der Waals surface area contributed by atoms with Crippen LogP contribution in [0.2, 0.25) is 0 Å². The summed E-state index contributed by atoms with van der Waals surface area (Å²) in [6, 6.07) is 0. The van der Waals surface area contributed by atoms with Crippen LogP contribution in [0.15, 0.2) is 11.6 Å². The minimum Gasteiger partial charge on any atom is -0.456 e. The highest BCUT2D eigenvalue weighted by molar-refractivity contribution is 5.75. The zero-order valence-corrected chi connectivity index (χ0v) is 21.7. The fourth-order valence-electron chi connectivity index (χ4n) is 5.00. The second-order valence-electron chi connectivity index (χ2n) is 10.5. The van der Waals surface area contributed by atoms with Gasteiger partial charge in [-0.25, -0.2) is 4.79 Å². The molecule has 2 heterocycles. The summed E-state index contributed by atoms with van der Waals surface area (Å²) in [5.41, 5.74) is 0.264. The molecule has 3 N–H and O–H groups in total. The third-order valence-electron chi connectivity index (χ3n) is 7.75. The number of hydrogen-bond acceptors (Lipinski definition) is 8. The summed E-state index contributed by atoms with van der Waals surface area (Å²) in [7, 11) is 3.05. The average Bonchev–Trinajstić information content (AvgIpc) is 2.83. The predicted octanol–water partition coefficient (Wildman–Crippen LogP) is 2.76. The molecule has 34 heavy (non-hydrogen) atoms. The van der Waals surface area contributed by atoms with Crippen molar-refractivity contribution in [3.05, 3.63) is 11.6 Å². The van der Waals surface area contributed by atoms with E-state index in [9.17, 15) is 20.1 Å². The van der Waals surface area contributed by atoms with Gasteiger partial charge in [0, 0.05) is 51.4 Å². The summed E-state index contributed by atoms with van der Waals surface area (Å²) in [6.07, 6.45) is 1.95. The van der Waals surface area contributed by atoms with Crippen LogP contribution in [-0.2, 0) is 23.7 Å². The molecule has 0 amide bonds. The van der Waals surface area contributed by atoms with E-state index in [1.807, 2.05) is 33.8 Å². The highest BCUT2D eigenvalue weighted by Gasteiger charge is 2.43. The van der Waals surface area contributed by atoms with Crippen LogP contribution < -0.4 is 0 Å². The van der Waals surface area contributed by atoms with Gasteiger partial charge in [0.05, 0.1) is 30.5 Å². The van der Waals surface area contributed by atoms with E-state index < -0.39 is 35.8 Å². The minimum absolute atomic E-state index is 0.00767. The molecule has 0 radical (unpaired) electrons. The Hall–Kier alpha value is -1.03. The molecule has 2 fully saturated rings. The van der Waals surface area contributed by atoms with Crippen molar-refractivity contribution < 1.29 is 39.1 Å². The van der Waals surface area contributed by atoms with Gasteiger partial charge in [-0.05, 0) is 38.2 Å². The lowest BCUT2D eigenvalue weighted by Crippen LogP contribution is -2.49. The third kappa shape index (κ3) is 7.48. The first-order valence-electron chi connectivity index (χ1n) is 12.6. The molecule has 2 rings (SSSR count). The van der Waals surface area contributed by atoms with Crippen LogP contribution in [0, 0.1) is 11.3 Å². The molecule has 2 aliphatic rings. The van der Waals surface area contributed by atoms with E-state index in [0.29, 0.717) is 19.3 Å². The quantitative estimate of drug-likeness (QED) is 0.388. The molecular formula is C26H46O8. The van der Waals surface area contributed by atoms with Gasteiger partial charge in [0.1, 0.15) is 6.10 Å². The Morgan fingerprint density at radius 2 is 1.88 bits per heavy atom. The summed E-state index contributed by atoms with van der Waals surface area (Å²) in [5, 5.41) is 31.7. The molecule has 198 valence electrons. The van der Waals surface area contributed by atoms with Crippen molar-refractivity contribution in [2.45, 2.75) is 115 Å². The zero-order valence-electron chi connectivity index (χ0n) is 21.7. The molecular weight excluding hydrogens is 440 g/mol. The Labute approximate surface area is 204 Å². The molecule has 0 aromatic heterocycles. The molecule has 2 aliphatic heterocycles. The second-order valence-corrected chi connectivity index (χ2v) is 10.5. The average molecular weight is 487 g/mol. The monoisotopic (exact) mass is 486 g/mol. The number of aliphatic hydroxyl groups is 3. The van der Waals surface area contributed by atoms with Crippen molar-refractivity contribution in [1.29, 1.82) is 0 Å². The Bertz CT molecular complexity index is 659. The fourth-order valence-corrected chi connectivity index (χ4v) is 5.00. The summed E-state index contributed by atoms with van der Waals surface area (Å²) in [4.78, 5) is 13.0. The van der Waals surface area contributed by atoms with E-state index in [4.69, 9.17) is 18.9 Å². The smallest absolute Gasteiger partial charge is 0.338 e. The van der Waals surface area contributed by atoms with E-state index >= 15 is 0 Å². The van der Waals surface area contributed by atoms with Crippen LogP contribution >= 0.6 is 0 Å². The number of cyclic esters (lactones) is 1. The standard InChI is InChI=1S/C26H46O8/c1-7-17(15-27)11-16(2)20-13-19(31-5)14-22(28)26(3,4)23-10-8-9-18(33-23)12-21(32-6)24(29)25(30)34-20/h11,17-24,27-29H,7-10,12-15H2,1-6H3/b16-11-/t17-,18-,19-,20+,21-,22+,23+,24+/m1/s1. The summed E-state index contributed by atoms with van der Waals surface area (Å²) in [5.74, 6) is -0.827. The van der Waals surface area contributed by atoms with Crippen LogP contribution in [0.1, 0.15) is 72.6 Å². The van der Waals surface area contributed by atoms with Gasteiger partial charge in [0.25, 0.3) is 0 Å². The number of carbonyl (C=O) groups is 1. The fraction of sp³-hybridized carbons (Fsp3) is 0.885. The molecule has 2 bridgehead atoms. The van der Waals surface area contributed by atoms with Gasteiger partial charge in [-0.2, -0.15) is 0 Å². The van der Waals surface area contributed by atoms with E-state index in [-0.39, 0.29) is 30.8 Å². The van der Waals surface area contributed by atoms with Gasteiger partial charge in [0.15, 0.2) is 6.10 Å². The number of fused-ring (bicyclic) bond motifs is 2. The number of hydrogen-bond donors (Lipinski definition) is 3. The summed E-state index contributed by atoms with van der Waals surface area (Å²) in [6.45, 7) is 7.85. The molecule has 0 saturated carbocycles. The van der Waals surface area contributed by atoms with Gasteiger partial charge in [-0.1, -0.05) is 26.8 Å². The van der Waals surface area contributed by atoms with Gasteiger partial charge in [-0.3, -0.25) is 0 Å². The highest BCUT2D eigenvalue weighted by atomic mass is 16.6. The predicted molar refractivity (Wildman–Crippen MR) is 128 cm³/mol. The van der Waals surface area contributed by atoms with Crippen molar-refractivity contribution in [2.24, 2.45) is 11.3 Å². The van der Waals surface area contributed by atoms with Crippen LogP contribution in [0.4, 0.5) is 0 Å². The molecule has 8 nitrogen and oxygen atoms in total. The van der Waals surface area contributed by atoms with E-state index in [0.717, 1.165) is 31.3 Å². The molecule has 0 spiro atoms. The van der Waals surface area contributed by atoms with Crippen molar-refractivity contribution in [3.63, 3.8) is 0 Å². The molecule has 8 atom stereocenters. The lowest BCUT2D eigenvalue weighted by atomic mass is 9.75. The van der Waals surface area contributed by atoms with Gasteiger partial charge in [0.2, 0.25) is 0 Å². The number of carbonyl (C=O) groups excluding carboxylic acids is 1. The maximum Gasteiger partial charge on any atom is 0.338 e. The maximum atomic E-state index is 13.0. The number of ether oxygens (including phenoxy) is 4.